The van der Waals surface area contributed by atoms with E-state index in [9.17, 15) is 13.6 Å². The monoisotopic (exact) mass is 539 g/mol. The molecule has 0 saturated carbocycles. The molecule has 2 aromatic carbocycles. The first-order chi connectivity index (χ1) is 18.4. The summed E-state index contributed by atoms with van der Waals surface area (Å²) in [6.45, 7) is 11.0. The Morgan fingerprint density at radius 3 is 2.55 bits per heavy atom. The minimum Gasteiger partial charge on any atom is -0.444 e. The lowest BCUT2D eigenvalue weighted by Crippen LogP contribution is -2.45. The average Bonchev–Trinajstić information content (AvgIpc) is 3.54. The van der Waals surface area contributed by atoms with E-state index in [1.54, 1.807) is 11.3 Å². The molecule has 1 aliphatic heterocycles. The van der Waals surface area contributed by atoms with Gasteiger partial charge in [-0.1, -0.05) is 13.0 Å². The van der Waals surface area contributed by atoms with E-state index in [0.717, 1.165) is 85.1 Å². The molecule has 0 spiro atoms. The van der Waals surface area contributed by atoms with E-state index in [2.05, 4.69) is 33.5 Å². The Balaban J connectivity index is 1.29. The van der Waals surface area contributed by atoms with Gasteiger partial charge in [0, 0.05) is 61.8 Å². The fraction of sp³-hybridized carbons (Fsp3) is 0.357. The van der Waals surface area contributed by atoms with Crippen LogP contribution in [-0.2, 0) is 24.4 Å². The third-order valence-corrected chi connectivity index (χ3v) is 7.85. The number of anilines is 1. The van der Waals surface area contributed by atoms with Crippen molar-refractivity contribution >= 4 is 34.0 Å². The van der Waals surface area contributed by atoms with E-state index in [0.29, 0.717) is 11.3 Å². The molecular formula is C28H31F2N5O2S. The first-order valence-electron chi connectivity index (χ1n) is 12.8. The summed E-state index contributed by atoms with van der Waals surface area (Å²) in [6.07, 6.45) is 1.20. The SMILES string of the molecule is CCN1CCN(Cc2csc(-c3ccc4c(c3)c(NC(=O)OCc3ccc(F)c(F)c3)cn4CC)n2)CC1. The van der Waals surface area contributed by atoms with Crippen LogP contribution in [0.4, 0.5) is 19.3 Å². The van der Waals surface area contributed by atoms with Crippen molar-refractivity contribution in [2.24, 2.45) is 0 Å². The molecule has 3 heterocycles. The highest BCUT2D eigenvalue weighted by molar-refractivity contribution is 7.13. The maximum Gasteiger partial charge on any atom is 0.412 e. The van der Waals surface area contributed by atoms with Crippen LogP contribution in [0.3, 0.4) is 0 Å². The van der Waals surface area contributed by atoms with Gasteiger partial charge in [0.05, 0.1) is 16.9 Å². The molecule has 1 N–H and O–H groups in total. The lowest BCUT2D eigenvalue weighted by atomic mass is 10.1. The number of hydrogen-bond donors (Lipinski definition) is 1. The summed E-state index contributed by atoms with van der Waals surface area (Å²) in [7, 11) is 0. The van der Waals surface area contributed by atoms with Crippen molar-refractivity contribution < 1.29 is 18.3 Å². The molecule has 1 amide bonds. The van der Waals surface area contributed by atoms with Crippen molar-refractivity contribution in [3.8, 4) is 10.6 Å². The lowest BCUT2D eigenvalue weighted by Gasteiger charge is -2.33. The van der Waals surface area contributed by atoms with Gasteiger partial charge in [0.25, 0.3) is 0 Å². The van der Waals surface area contributed by atoms with Crippen molar-refractivity contribution in [2.45, 2.75) is 33.5 Å². The highest BCUT2D eigenvalue weighted by Crippen LogP contribution is 2.33. The number of piperazine rings is 1. The molecule has 2 aromatic heterocycles. The summed E-state index contributed by atoms with van der Waals surface area (Å²) in [5.41, 5.74) is 4.02. The van der Waals surface area contributed by atoms with Crippen LogP contribution in [0.2, 0.25) is 0 Å². The van der Waals surface area contributed by atoms with Gasteiger partial charge in [0.2, 0.25) is 0 Å². The molecule has 0 radical (unpaired) electrons. The molecule has 0 unspecified atom stereocenters. The minimum absolute atomic E-state index is 0.171. The predicted molar refractivity (Wildman–Crippen MR) is 146 cm³/mol. The summed E-state index contributed by atoms with van der Waals surface area (Å²) in [5.74, 6) is -1.92. The Morgan fingerprint density at radius 1 is 1.03 bits per heavy atom. The maximum atomic E-state index is 13.4. The topological polar surface area (TPSA) is 62.6 Å². The number of nitrogens with zero attached hydrogens (tertiary/aromatic N) is 4. The molecule has 0 aliphatic carbocycles. The van der Waals surface area contributed by atoms with Gasteiger partial charge in [0.15, 0.2) is 11.6 Å². The number of amides is 1. The second-order valence-corrected chi connectivity index (χ2v) is 10.2. The molecule has 10 heteroatoms. The third-order valence-electron chi connectivity index (χ3n) is 6.91. The normalized spacial score (nSPS) is 14.7. The Hall–Kier alpha value is -3.34. The van der Waals surface area contributed by atoms with Crippen molar-refractivity contribution in [2.75, 3.05) is 38.0 Å². The van der Waals surface area contributed by atoms with Gasteiger partial charge in [-0.25, -0.2) is 18.6 Å². The third kappa shape index (κ3) is 5.87. The summed E-state index contributed by atoms with van der Waals surface area (Å²) in [5, 5.41) is 6.74. The first kappa shape index (κ1) is 26.3. The van der Waals surface area contributed by atoms with Crippen molar-refractivity contribution in [3.63, 3.8) is 0 Å². The second kappa shape index (κ2) is 11.6. The summed E-state index contributed by atoms with van der Waals surface area (Å²) in [6, 6.07) is 9.55. The van der Waals surface area contributed by atoms with Crippen LogP contribution in [0, 0.1) is 11.6 Å². The molecule has 4 aromatic rings. The number of carbonyl (C=O) groups is 1. The van der Waals surface area contributed by atoms with Gasteiger partial charge < -0.3 is 14.2 Å². The fourth-order valence-corrected chi connectivity index (χ4v) is 5.53. The first-order valence-corrected chi connectivity index (χ1v) is 13.7. The number of benzene rings is 2. The second-order valence-electron chi connectivity index (χ2n) is 9.36. The zero-order valence-corrected chi connectivity index (χ0v) is 22.4. The summed E-state index contributed by atoms with van der Waals surface area (Å²) in [4.78, 5) is 22.3. The van der Waals surface area contributed by atoms with Crippen LogP contribution in [0.15, 0.2) is 48.0 Å². The van der Waals surface area contributed by atoms with Gasteiger partial charge in [-0.3, -0.25) is 10.2 Å². The van der Waals surface area contributed by atoms with E-state index in [4.69, 9.17) is 9.72 Å². The smallest absolute Gasteiger partial charge is 0.412 e. The number of carbonyl (C=O) groups excluding carboxylic acids is 1. The van der Waals surface area contributed by atoms with Crippen molar-refractivity contribution in [1.29, 1.82) is 0 Å². The van der Waals surface area contributed by atoms with Gasteiger partial charge in [-0.05, 0) is 49.4 Å². The quantitative estimate of drug-likeness (QED) is 0.300. The van der Waals surface area contributed by atoms with Crippen molar-refractivity contribution in [3.05, 3.63) is 70.9 Å². The van der Waals surface area contributed by atoms with Gasteiger partial charge in [-0.15, -0.1) is 11.3 Å². The Labute approximate surface area is 224 Å². The Bertz CT molecular complexity index is 1430. The van der Waals surface area contributed by atoms with Gasteiger partial charge >= 0.3 is 6.09 Å². The van der Waals surface area contributed by atoms with Crippen LogP contribution < -0.4 is 5.32 Å². The zero-order chi connectivity index (χ0) is 26.6. The van der Waals surface area contributed by atoms with Crippen LogP contribution in [0.1, 0.15) is 25.1 Å². The van der Waals surface area contributed by atoms with Crippen LogP contribution in [0.5, 0.6) is 0 Å². The molecular weight excluding hydrogens is 508 g/mol. The number of rotatable bonds is 8. The number of nitrogens with one attached hydrogen (secondary N) is 1. The number of fused-ring (bicyclic) bond motifs is 1. The maximum absolute atomic E-state index is 13.4. The molecule has 0 bridgehead atoms. The average molecular weight is 540 g/mol. The molecule has 38 heavy (non-hydrogen) atoms. The number of halogens is 2. The van der Waals surface area contributed by atoms with E-state index in [1.165, 1.54) is 6.07 Å². The largest absolute Gasteiger partial charge is 0.444 e. The number of thiazole rings is 1. The molecule has 200 valence electrons. The lowest BCUT2D eigenvalue weighted by molar-refractivity contribution is 0.131. The molecule has 5 rings (SSSR count). The molecule has 7 nitrogen and oxygen atoms in total. The summed E-state index contributed by atoms with van der Waals surface area (Å²) >= 11 is 1.62. The predicted octanol–water partition coefficient (Wildman–Crippen LogP) is 5.95. The molecule has 0 atom stereocenters. The Morgan fingerprint density at radius 2 is 1.82 bits per heavy atom. The van der Waals surface area contributed by atoms with Crippen LogP contribution in [0.25, 0.3) is 21.5 Å². The van der Waals surface area contributed by atoms with E-state index in [1.807, 2.05) is 29.8 Å². The van der Waals surface area contributed by atoms with Gasteiger partial charge in [0.1, 0.15) is 11.6 Å². The van der Waals surface area contributed by atoms with E-state index < -0.39 is 17.7 Å². The highest BCUT2D eigenvalue weighted by Gasteiger charge is 2.18. The van der Waals surface area contributed by atoms with E-state index >= 15 is 0 Å². The van der Waals surface area contributed by atoms with Crippen LogP contribution in [-0.4, -0.2) is 58.2 Å². The number of ether oxygens (including phenoxy) is 1. The number of hydrogen-bond acceptors (Lipinski definition) is 6. The number of likely N-dealkylation sites (N-methyl/N-ethyl adjacent to an activating group) is 1. The number of aromatic nitrogens is 2. The standard InChI is InChI=1S/C28H31F2N5O2S/c1-3-33-9-11-34(12-10-33)15-21-18-38-27(31-21)20-6-8-26-22(14-20)25(16-35(26)4-2)32-28(36)37-17-19-5-7-23(29)24(30)13-19/h5-8,13-14,16,18H,3-4,9-12,15,17H2,1-2H3,(H,32,36). The van der Waals surface area contributed by atoms with Crippen LogP contribution >= 0.6 is 11.3 Å². The Kier molecular flexibility index (Phi) is 8.01. The molecule has 1 fully saturated rings. The zero-order valence-electron chi connectivity index (χ0n) is 21.5. The summed E-state index contributed by atoms with van der Waals surface area (Å²) < 4.78 is 33.9. The molecule has 1 saturated heterocycles. The molecule has 1 aliphatic rings. The minimum atomic E-state index is -0.977. The number of aryl methyl sites for hydroxylation is 1. The van der Waals surface area contributed by atoms with Gasteiger partial charge in [-0.2, -0.15) is 0 Å². The van der Waals surface area contributed by atoms with E-state index in [-0.39, 0.29) is 6.61 Å². The highest BCUT2D eigenvalue weighted by atomic mass is 32.1. The van der Waals surface area contributed by atoms with Crippen molar-refractivity contribution in [1.82, 2.24) is 19.4 Å². The fourth-order valence-electron chi connectivity index (χ4n) is 4.72.